The van der Waals surface area contributed by atoms with Gasteiger partial charge in [0.2, 0.25) is 0 Å². The molecule has 0 bridgehead atoms. The summed E-state index contributed by atoms with van der Waals surface area (Å²) >= 11 is 0. The van der Waals surface area contributed by atoms with Crippen LogP contribution in [0.5, 0.6) is 5.75 Å². The number of aryl methyl sites for hydroxylation is 1. The van der Waals surface area contributed by atoms with Gasteiger partial charge in [-0.25, -0.2) is 4.79 Å². The Morgan fingerprint density at radius 2 is 1.77 bits per heavy atom. The Hall–Kier alpha value is -3.75. The normalized spacial score (nSPS) is 18.0. The number of azo groups is 2. The fourth-order valence-electron chi connectivity index (χ4n) is 3.61. The average molecular weight is 422 g/mol. The summed E-state index contributed by atoms with van der Waals surface area (Å²) in [4.78, 5) is 40.9. The van der Waals surface area contributed by atoms with Gasteiger partial charge in [0.1, 0.15) is 5.75 Å². The number of benzene rings is 2. The Labute approximate surface area is 179 Å². The summed E-state index contributed by atoms with van der Waals surface area (Å²) in [7, 11) is 0. The number of nitrogens with zero attached hydrogens (tertiary/aromatic N) is 4. The van der Waals surface area contributed by atoms with Gasteiger partial charge in [-0.15, -0.1) is 0 Å². The van der Waals surface area contributed by atoms with Crippen LogP contribution in [0.2, 0.25) is 0 Å². The van der Waals surface area contributed by atoms with Crippen LogP contribution in [-0.4, -0.2) is 59.8 Å². The zero-order valence-corrected chi connectivity index (χ0v) is 17.4. The molecule has 2 aliphatic rings. The summed E-state index contributed by atoms with van der Waals surface area (Å²) in [6.07, 6.45) is -0.671. The molecule has 0 aliphatic carbocycles. The highest BCUT2D eigenvalue weighted by Gasteiger charge is 2.49. The van der Waals surface area contributed by atoms with Gasteiger partial charge in [0.15, 0.2) is 0 Å². The van der Waals surface area contributed by atoms with Crippen LogP contribution in [0.3, 0.4) is 0 Å². The van der Waals surface area contributed by atoms with Crippen LogP contribution >= 0.6 is 0 Å². The van der Waals surface area contributed by atoms with Crippen LogP contribution in [0, 0.1) is 6.92 Å². The summed E-state index contributed by atoms with van der Waals surface area (Å²) in [6.45, 7) is 5.02. The first-order valence-electron chi connectivity index (χ1n) is 10.2. The summed E-state index contributed by atoms with van der Waals surface area (Å²) < 4.78 is 6.43. The highest BCUT2D eigenvalue weighted by molar-refractivity contribution is 6.32. The van der Waals surface area contributed by atoms with E-state index < -0.39 is 24.0 Å². The van der Waals surface area contributed by atoms with Gasteiger partial charge in [0.25, 0.3) is 18.7 Å². The van der Waals surface area contributed by atoms with E-state index in [2.05, 4.69) is 10.4 Å². The molecule has 0 saturated carbocycles. The number of amides is 3. The molecule has 1 atom stereocenters. The van der Waals surface area contributed by atoms with Crippen molar-refractivity contribution in [2.24, 2.45) is 5.11 Å². The van der Waals surface area contributed by atoms with E-state index in [9.17, 15) is 14.4 Å². The number of anilines is 2. The molecule has 31 heavy (non-hydrogen) atoms. The molecular weight excluding hydrogens is 398 g/mol. The zero-order chi connectivity index (χ0) is 22.0. The Balaban J connectivity index is 1.52. The van der Waals surface area contributed by atoms with E-state index in [1.165, 1.54) is 4.90 Å². The third kappa shape index (κ3) is 4.25. The number of nitrogens with one attached hydrogen (secondary N) is 1. The molecule has 0 aromatic heterocycles. The van der Waals surface area contributed by atoms with Gasteiger partial charge < -0.3 is 15.0 Å². The molecular formula is C22H24N5O4+. The van der Waals surface area contributed by atoms with Crippen molar-refractivity contribution in [2.45, 2.75) is 20.1 Å². The average Bonchev–Trinajstić information content (AvgIpc) is 3.18. The van der Waals surface area contributed by atoms with Crippen molar-refractivity contribution in [2.75, 3.05) is 36.5 Å². The first kappa shape index (κ1) is 20.5. The molecule has 9 nitrogen and oxygen atoms in total. The smallest absolute Gasteiger partial charge is 0.494 e. The summed E-state index contributed by atoms with van der Waals surface area (Å²) in [5.41, 5.74) is 2.54. The largest absolute Gasteiger partial charge is 0.502 e. The molecule has 3 amide bonds. The van der Waals surface area contributed by atoms with E-state index in [1.54, 1.807) is 12.1 Å². The maximum absolute atomic E-state index is 12.6. The molecule has 2 aromatic carbocycles. The fourth-order valence-corrected chi connectivity index (χ4v) is 3.61. The van der Waals surface area contributed by atoms with Gasteiger partial charge in [-0.2, -0.15) is 0 Å². The molecule has 2 heterocycles. The Morgan fingerprint density at radius 3 is 2.45 bits per heavy atom. The van der Waals surface area contributed by atoms with E-state index in [0.717, 1.165) is 21.7 Å². The van der Waals surface area contributed by atoms with Crippen LogP contribution in [0.15, 0.2) is 53.6 Å². The van der Waals surface area contributed by atoms with Gasteiger partial charge in [-0.3, -0.25) is 14.5 Å². The predicted octanol–water partition coefficient (Wildman–Crippen LogP) is 1.97. The molecule has 2 aliphatic heterocycles. The van der Waals surface area contributed by atoms with Crippen molar-refractivity contribution in [1.82, 2.24) is 4.90 Å². The number of carbonyl (C=O) groups excluding carboxylic acids is 3. The second-order valence-electron chi connectivity index (χ2n) is 7.36. The second-order valence-corrected chi connectivity index (χ2v) is 7.36. The predicted molar refractivity (Wildman–Crippen MR) is 113 cm³/mol. The van der Waals surface area contributed by atoms with Crippen LogP contribution in [0.1, 0.15) is 12.5 Å². The quantitative estimate of drug-likeness (QED) is 0.567. The molecule has 4 rings (SSSR count). The van der Waals surface area contributed by atoms with Crippen LogP contribution in [0.4, 0.5) is 11.4 Å². The Bertz CT molecular complexity index is 1030. The third-order valence-corrected chi connectivity index (χ3v) is 5.17. The van der Waals surface area contributed by atoms with E-state index in [0.29, 0.717) is 25.4 Å². The summed E-state index contributed by atoms with van der Waals surface area (Å²) in [5.74, 6) is -1.13. The number of carbonyl (C=O) groups is 3. The van der Waals surface area contributed by atoms with Crippen molar-refractivity contribution in [3.8, 4) is 5.75 Å². The Morgan fingerprint density at radius 1 is 1.10 bits per heavy atom. The number of rotatable bonds is 6. The monoisotopic (exact) mass is 422 g/mol. The molecule has 1 saturated heterocycles. The lowest BCUT2D eigenvalue weighted by Crippen LogP contribution is -2.52. The summed E-state index contributed by atoms with van der Waals surface area (Å²) in [5, 5.41) is 7.14. The van der Waals surface area contributed by atoms with Crippen molar-refractivity contribution in [3.63, 3.8) is 0 Å². The van der Waals surface area contributed by atoms with E-state index >= 15 is 0 Å². The minimum atomic E-state index is -0.802. The molecule has 1 fully saturated rings. The molecule has 1 N–H and O–H groups in total. The number of ether oxygens (including phenoxy) is 1. The van der Waals surface area contributed by atoms with E-state index in [4.69, 9.17) is 4.74 Å². The van der Waals surface area contributed by atoms with E-state index in [1.807, 2.05) is 55.1 Å². The molecule has 160 valence electrons. The van der Waals surface area contributed by atoms with Gasteiger partial charge >= 0.3 is 11.8 Å². The van der Waals surface area contributed by atoms with Crippen molar-refractivity contribution in [1.29, 1.82) is 0 Å². The SMILES string of the molecule is CCOc1ccc(N2CCN3C(=O)C(=O)[N+](CC(=O)Nc4ccc(C)cc4)=NC32)cc1. The fraction of sp³-hybridized carbons (Fsp3) is 0.318. The minimum absolute atomic E-state index is 0.333. The molecule has 9 heteroatoms. The highest BCUT2D eigenvalue weighted by atomic mass is 16.5. The zero-order valence-electron chi connectivity index (χ0n) is 17.4. The first-order valence-corrected chi connectivity index (χ1v) is 10.2. The Kier molecular flexibility index (Phi) is 5.66. The maximum Gasteiger partial charge on any atom is 0.502 e. The lowest BCUT2D eigenvalue weighted by Gasteiger charge is -2.27. The van der Waals surface area contributed by atoms with Crippen LogP contribution in [0.25, 0.3) is 0 Å². The van der Waals surface area contributed by atoms with E-state index in [-0.39, 0.29) is 6.54 Å². The van der Waals surface area contributed by atoms with Gasteiger partial charge in [-0.05, 0) is 54.9 Å². The van der Waals surface area contributed by atoms with Crippen molar-refractivity contribution in [3.05, 3.63) is 54.1 Å². The summed E-state index contributed by atoms with van der Waals surface area (Å²) in [6, 6.07) is 14.8. The molecule has 0 spiro atoms. The second kappa shape index (κ2) is 8.55. The van der Waals surface area contributed by atoms with Crippen LogP contribution < -0.4 is 15.0 Å². The molecule has 2 aromatic rings. The number of hydrogen-bond donors (Lipinski definition) is 1. The molecule has 1 unspecified atom stereocenters. The third-order valence-electron chi connectivity index (χ3n) is 5.17. The first-order chi connectivity index (χ1) is 15.0. The maximum atomic E-state index is 12.6. The molecule has 0 radical (unpaired) electrons. The van der Waals surface area contributed by atoms with Crippen molar-refractivity contribution < 1.29 is 23.8 Å². The standard InChI is InChI=1S/C22H23N5O4/c1-3-31-18-10-8-17(9-11-18)25-12-13-26-20(29)21(30)27(24-22(25)26)14-19(28)23-16-6-4-15(2)5-7-16/h4-11,22H,3,12-14H2,1-2H3/p+1. The van der Waals surface area contributed by atoms with Crippen molar-refractivity contribution >= 4 is 29.1 Å². The number of fused-ring (bicyclic) bond motifs is 1. The highest BCUT2D eigenvalue weighted by Crippen LogP contribution is 2.28. The van der Waals surface area contributed by atoms with Crippen LogP contribution in [-0.2, 0) is 14.4 Å². The number of hydrogen-bond acceptors (Lipinski definition) is 6. The van der Waals surface area contributed by atoms with Gasteiger partial charge in [-0.1, -0.05) is 17.7 Å². The van der Waals surface area contributed by atoms with Gasteiger partial charge in [0.05, 0.1) is 6.61 Å². The topological polar surface area (TPSA) is 94.3 Å². The minimum Gasteiger partial charge on any atom is -0.494 e. The lowest BCUT2D eigenvalue weighted by atomic mass is 10.2. The lowest BCUT2D eigenvalue weighted by molar-refractivity contribution is -0.509. The van der Waals surface area contributed by atoms with Gasteiger partial charge in [0, 0.05) is 29.6 Å².